The van der Waals surface area contributed by atoms with Gasteiger partial charge in [0.2, 0.25) is 0 Å². The van der Waals surface area contributed by atoms with Crippen LogP contribution in [0.15, 0.2) is 24.3 Å². The Kier molecular flexibility index (Phi) is 3.86. The van der Waals surface area contributed by atoms with Crippen molar-refractivity contribution in [2.75, 3.05) is 18.1 Å². The van der Waals surface area contributed by atoms with Gasteiger partial charge in [0.15, 0.2) is 9.84 Å². The maximum absolute atomic E-state index is 11.8. The summed E-state index contributed by atoms with van der Waals surface area (Å²) in [4.78, 5) is 11.8. The van der Waals surface area contributed by atoms with Gasteiger partial charge < -0.3 is 5.32 Å². The van der Waals surface area contributed by atoms with Gasteiger partial charge in [0, 0.05) is 12.1 Å². The molecule has 6 heteroatoms. The summed E-state index contributed by atoms with van der Waals surface area (Å²) in [6.07, 6.45) is 0.607. The highest BCUT2D eigenvalue weighted by Crippen LogP contribution is 2.17. The highest BCUT2D eigenvalue weighted by Gasteiger charge is 2.27. The molecule has 1 aromatic rings. The first-order chi connectivity index (χ1) is 9.00. The van der Waals surface area contributed by atoms with Crippen molar-refractivity contribution in [3.63, 3.8) is 0 Å². The first-order valence-corrected chi connectivity index (χ1v) is 7.81. The molecule has 0 saturated carbocycles. The largest absolute Gasteiger partial charge is 0.352 e. The Morgan fingerprint density at radius 1 is 1.37 bits per heavy atom. The standard InChI is InChI=1S/C13H14N2O3S/c14-7-10-1-3-12(4-2-10)13(16)15-8-11-5-6-19(17,18)9-11/h1-4,11H,5-6,8-9H2,(H,15,16). The highest BCUT2D eigenvalue weighted by molar-refractivity contribution is 7.91. The number of hydrogen-bond acceptors (Lipinski definition) is 4. The molecule has 5 nitrogen and oxygen atoms in total. The number of nitrogens with one attached hydrogen (secondary N) is 1. The Balaban J connectivity index is 1.89. The third-order valence-corrected chi connectivity index (χ3v) is 4.99. The van der Waals surface area contributed by atoms with Crippen LogP contribution in [0.4, 0.5) is 0 Å². The van der Waals surface area contributed by atoms with Crippen LogP contribution >= 0.6 is 0 Å². The smallest absolute Gasteiger partial charge is 0.251 e. The molecule has 1 aromatic carbocycles. The van der Waals surface area contributed by atoms with Crippen molar-refractivity contribution in [2.45, 2.75) is 6.42 Å². The third-order valence-electron chi connectivity index (χ3n) is 3.15. The number of benzene rings is 1. The molecule has 1 atom stereocenters. The molecule has 0 aromatic heterocycles. The van der Waals surface area contributed by atoms with Crippen LogP contribution in [0.5, 0.6) is 0 Å². The predicted molar refractivity (Wildman–Crippen MR) is 70.3 cm³/mol. The van der Waals surface area contributed by atoms with Crippen LogP contribution < -0.4 is 5.32 Å². The van der Waals surface area contributed by atoms with Crippen molar-refractivity contribution in [1.82, 2.24) is 5.32 Å². The van der Waals surface area contributed by atoms with Crippen LogP contribution in [-0.4, -0.2) is 32.4 Å². The van der Waals surface area contributed by atoms with Gasteiger partial charge >= 0.3 is 0 Å². The molecule has 1 heterocycles. The van der Waals surface area contributed by atoms with E-state index in [0.717, 1.165) is 0 Å². The van der Waals surface area contributed by atoms with Crippen LogP contribution in [0.2, 0.25) is 0 Å². The molecule has 0 spiro atoms. The molecule has 0 aliphatic carbocycles. The quantitative estimate of drug-likeness (QED) is 0.882. The number of nitriles is 1. The minimum Gasteiger partial charge on any atom is -0.352 e. The first-order valence-electron chi connectivity index (χ1n) is 5.99. The van der Waals surface area contributed by atoms with Gasteiger partial charge in [-0.05, 0) is 36.6 Å². The molecule has 1 amide bonds. The second kappa shape index (κ2) is 5.41. The zero-order valence-corrected chi connectivity index (χ0v) is 11.1. The average molecular weight is 278 g/mol. The normalized spacial score (nSPS) is 20.7. The highest BCUT2D eigenvalue weighted by atomic mass is 32.2. The van der Waals surface area contributed by atoms with Crippen molar-refractivity contribution in [1.29, 1.82) is 5.26 Å². The van der Waals surface area contributed by atoms with Crippen molar-refractivity contribution in [3.05, 3.63) is 35.4 Å². The van der Waals surface area contributed by atoms with Crippen LogP contribution in [0, 0.1) is 17.2 Å². The zero-order chi connectivity index (χ0) is 13.9. The summed E-state index contributed by atoms with van der Waals surface area (Å²) in [5.74, 6) is 0.131. The molecule has 2 rings (SSSR count). The molecule has 0 bridgehead atoms. The molecule has 0 radical (unpaired) electrons. The van der Waals surface area contributed by atoms with Gasteiger partial charge in [-0.1, -0.05) is 0 Å². The zero-order valence-electron chi connectivity index (χ0n) is 10.3. The number of hydrogen-bond donors (Lipinski definition) is 1. The predicted octanol–water partition coefficient (Wildman–Crippen LogP) is 0.723. The number of rotatable bonds is 3. The summed E-state index contributed by atoms with van der Waals surface area (Å²) in [6.45, 7) is 0.373. The molecular formula is C13H14N2O3S. The van der Waals surface area contributed by atoms with Gasteiger partial charge in [-0.2, -0.15) is 5.26 Å². The molecular weight excluding hydrogens is 264 g/mol. The second-order valence-corrected chi connectivity index (χ2v) is 6.90. The lowest BCUT2D eigenvalue weighted by Gasteiger charge is -2.09. The molecule has 1 unspecified atom stereocenters. The number of carbonyl (C=O) groups is 1. The summed E-state index contributed by atoms with van der Waals surface area (Å²) in [5, 5.41) is 11.4. The topological polar surface area (TPSA) is 87.0 Å². The molecule has 1 aliphatic rings. The minimum absolute atomic E-state index is 0.00679. The molecule has 100 valence electrons. The summed E-state index contributed by atoms with van der Waals surface area (Å²) in [7, 11) is -2.90. The van der Waals surface area contributed by atoms with Crippen LogP contribution in [-0.2, 0) is 9.84 Å². The molecule has 1 fully saturated rings. The molecule has 1 saturated heterocycles. The summed E-state index contributed by atoms with van der Waals surface area (Å²) in [6, 6.07) is 8.30. The molecule has 19 heavy (non-hydrogen) atoms. The Bertz CT molecular complexity index is 614. The van der Waals surface area contributed by atoms with Gasteiger partial charge in [-0.15, -0.1) is 0 Å². The maximum Gasteiger partial charge on any atom is 0.251 e. The van der Waals surface area contributed by atoms with Crippen LogP contribution in [0.3, 0.4) is 0 Å². The third kappa shape index (κ3) is 3.55. The van der Waals surface area contributed by atoms with Crippen molar-refractivity contribution >= 4 is 15.7 Å². The lowest BCUT2D eigenvalue weighted by molar-refractivity contribution is 0.0948. The van der Waals surface area contributed by atoms with E-state index < -0.39 is 9.84 Å². The number of sulfone groups is 1. The second-order valence-electron chi connectivity index (χ2n) is 4.67. The first kappa shape index (κ1) is 13.6. The fourth-order valence-electron chi connectivity index (χ4n) is 2.07. The summed E-state index contributed by atoms with van der Waals surface area (Å²) in [5.41, 5.74) is 0.971. The summed E-state index contributed by atoms with van der Waals surface area (Å²) >= 11 is 0. The fourth-order valence-corrected chi connectivity index (χ4v) is 3.93. The van der Waals surface area contributed by atoms with E-state index in [0.29, 0.717) is 24.1 Å². The Morgan fingerprint density at radius 2 is 2.05 bits per heavy atom. The molecule has 1 N–H and O–H groups in total. The minimum atomic E-state index is -2.90. The number of nitrogens with zero attached hydrogens (tertiary/aromatic N) is 1. The Morgan fingerprint density at radius 3 is 2.58 bits per heavy atom. The monoisotopic (exact) mass is 278 g/mol. The van der Waals surface area contributed by atoms with E-state index in [1.165, 1.54) is 0 Å². The van der Waals surface area contributed by atoms with Gasteiger partial charge in [0.05, 0.1) is 23.1 Å². The Labute approximate surface area is 112 Å². The molecule has 1 aliphatic heterocycles. The fraction of sp³-hybridized carbons (Fsp3) is 0.385. The van der Waals surface area contributed by atoms with E-state index in [9.17, 15) is 13.2 Å². The van der Waals surface area contributed by atoms with Crippen LogP contribution in [0.25, 0.3) is 0 Å². The lowest BCUT2D eigenvalue weighted by Crippen LogP contribution is -2.29. The van der Waals surface area contributed by atoms with Crippen molar-refractivity contribution in [2.24, 2.45) is 5.92 Å². The van der Waals surface area contributed by atoms with Crippen LogP contribution in [0.1, 0.15) is 22.3 Å². The summed E-state index contributed by atoms with van der Waals surface area (Å²) < 4.78 is 22.6. The average Bonchev–Trinajstić information content (AvgIpc) is 2.76. The SMILES string of the molecule is N#Cc1ccc(C(=O)NCC2CCS(=O)(=O)C2)cc1. The van der Waals surface area contributed by atoms with Gasteiger partial charge in [-0.3, -0.25) is 4.79 Å². The number of amides is 1. The van der Waals surface area contributed by atoms with E-state index in [2.05, 4.69) is 5.32 Å². The van der Waals surface area contributed by atoms with Gasteiger partial charge in [0.1, 0.15) is 0 Å². The van der Waals surface area contributed by atoms with Gasteiger partial charge in [-0.25, -0.2) is 8.42 Å². The maximum atomic E-state index is 11.8. The van der Waals surface area contributed by atoms with E-state index in [1.807, 2.05) is 6.07 Å². The van der Waals surface area contributed by atoms with E-state index in [1.54, 1.807) is 24.3 Å². The Hall–Kier alpha value is -1.87. The van der Waals surface area contributed by atoms with Gasteiger partial charge in [0.25, 0.3) is 5.91 Å². The van der Waals surface area contributed by atoms with E-state index in [-0.39, 0.29) is 23.3 Å². The number of carbonyl (C=O) groups excluding carboxylic acids is 1. The lowest BCUT2D eigenvalue weighted by atomic mass is 10.1. The van der Waals surface area contributed by atoms with Crippen molar-refractivity contribution in [3.8, 4) is 6.07 Å². The van der Waals surface area contributed by atoms with Crippen molar-refractivity contribution < 1.29 is 13.2 Å². The van der Waals surface area contributed by atoms with E-state index in [4.69, 9.17) is 5.26 Å². The van der Waals surface area contributed by atoms with E-state index >= 15 is 0 Å².